The molecule has 3 rings (SSSR count). The summed E-state index contributed by atoms with van der Waals surface area (Å²) in [7, 11) is 0. The van der Waals surface area contributed by atoms with E-state index in [1.807, 2.05) is 12.1 Å². The number of benzene rings is 1. The largest absolute Gasteiger partial charge is 0.462 e. The molecule has 0 unspecified atom stereocenters. The van der Waals surface area contributed by atoms with Crippen molar-refractivity contribution in [2.75, 3.05) is 6.61 Å². The Balaban J connectivity index is 1.25. The normalized spacial score (nSPS) is 14.8. The Hall–Kier alpha value is -2.35. The number of carbonyl (C=O) groups excluding carboxylic acids is 1. The lowest BCUT2D eigenvalue weighted by atomic mass is 9.85. The molecule has 0 spiro atoms. The zero-order chi connectivity index (χ0) is 26.0. The van der Waals surface area contributed by atoms with Crippen molar-refractivity contribution in [2.24, 2.45) is 0 Å². The molecular weight excluding hydrogens is 452 g/mol. The molecule has 1 aromatic rings. The quantitative estimate of drug-likeness (QED) is 0.131. The standard InChI is InChI=1S/C35H50O2/c1-2-3-4-5-6-7-8-9-10-11-12-13-14-15-16-21-29-37-35(36)33-28-22-27-32(30-23-17-18-24-30)34(33)31-25-19-20-26-31/h17-20,22-28,30-31H,2-16,21,29H2,1H3. The third kappa shape index (κ3) is 10.5. The minimum Gasteiger partial charge on any atom is -0.462 e. The third-order valence-electron chi connectivity index (χ3n) is 7.78. The zero-order valence-electron chi connectivity index (χ0n) is 23.3. The van der Waals surface area contributed by atoms with Crippen molar-refractivity contribution < 1.29 is 9.53 Å². The molecule has 37 heavy (non-hydrogen) atoms. The van der Waals surface area contributed by atoms with E-state index in [9.17, 15) is 4.79 Å². The Bertz CT molecular complexity index is 880. The lowest BCUT2D eigenvalue weighted by molar-refractivity contribution is 0.0496. The van der Waals surface area contributed by atoms with Gasteiger partial charge in [0.2, 0.25) is 0 Å². The predicted molar refractivity (Wildman–Crippen MR) is 158 cm³/mol. The fourth-order valence-electron chi connectivity index (χ4n) is 5.58. The third-order valence-corrected chi connectivity index (χ3v) is 7.78. The van der Waals surface area contributed by atoms with E-state index in [0.717, 1.165) is 18.4 Å². The maximum absolute atomic E-state index is 13.0. The predicted octanol–water partition coefficient (Wildman–Crippen LogP) is 10.5. The van der Waals surface area contributed by atoms with Gasteiger partial charge in [-0.1, -0.05) is 164 Å². The van der Waals surface area contributed by atoms with Crippen molar-refractivity contribution in [1.82, 2.24) is 0 Å². The summed E-state index contributed by atoms with van der Waals surface area (Å²) in [6.45, 7) is 2.80. The van der Waals surface area contributed by atoms with Crippen LogP contribution in [0.5, 0.6) is 0 Å². The molecule has 0 saturated carbocycles. The maximum atomic E-state index is 13.0. The van der Waals surface area contributed by atoms with Crippen LogP contribution in [-0.2, 0) is 4.74 Å². The molecule has 2 heteroatoms. The van der Waals surface area contributed by atoms with Crippen molar-refractivity contribution in [3.05, 3.63) is 83.5 Å². The van der Waals surface area contributed by atoms with E-state index in [0.29, 0.717) is 12.2 Å². The Morgan fingerprint density at radius 2 is 1.08 bits per heavy atom. The van der Waals surface area contributed by atoms with Crippen molar-refractivity contribution >= 4 is 5.97 Å². The Kier molecular flexibility index (Phi) is 14.2. The number of carbonyl (C=O) groups is 1. The first-order valence-corrected chi connectivity index (χ1v) is 15.3. The molecular formula is C35H50O2. The SMILES string of the molecule is CCCCCCCCCCCCCCCCCCOC(=O)c1cccc(C2C=CC=C2)c1C1C=CC=C1. The van der Waals surface area contributed by atoms with Crippen LogP contribution >= 0.6 is 0 Å². The topological polar surface area (TPSA) is 26.3 Å². The van der Waals surface area contributed by atoms with Gasteiger partial charge in [-0.3, -0.25) is 0 Å². The van der Waals surface area contributed by atoms with Crippen LogP contribution in [0.1, 0.15) is 143 Å². The summed E-state index contributed by atoms with van der Waals surface area (Å²) in [5, 5.41) is 0. The van der Waals surface area contributed by atoms with Crippen LogP contribution < -0.4 is 0 Å². The number of esters is 1. The Morgan fingerprint density at radius 1 is 0.622 bits per heavy atom. The van der Waals surface area contributed by atoms with Crippen LogP contribution in [0.3, 0.4) is 0 Å². The average molecular weight is 503 g/mol. The van der Waals surface area contributed by atoms with Gasteiger partial charge in [-0.05, 0) is 23.6 Å². The summed E-state index contributed by atoms with van der Waals surface area (Å²) < 4.78 is 5.74. The van der Waals surface area contributed by atoms with E-state index >= 15 is 0 Å². The molecule has 0 N–H and O–H groups in total. The first-order valence-electron chi connectivity index (χ1n) is 15.3. The molecule has 0 aliphatic heterocycles. The summed E-state index contributed by atoms with van der Waals surface area (Å²) >= 11 is 0. The molecule has 2 aliphatic carbocycles. The molecule has 0 radical (unpaired) electrons. The van der Waals surface area contributed by atoms with Crippen molar-refractivity contribution in [1.29, 1.82) is 0 Å². The second kappa shape index (κ2) is 18.0. The maximum Gasteiger partial charge on any atom is 0.338 e. The minimum absolute atomic E-state index is 0.136. The van der Waals surface area contributed by atoms with Gasteiger partial charge in [-0.15, -0.1) is 0 Å². The smallest absolute Gasteiger partial charge is 0.338 e. The Labute approximate surface area is 227 Å². The highest BCUT2D eigenvalue weighted by Gasteiger charge is 2.24. The van der Waals surface area contributed by atoms with E-state index < -0.39 is 0 Å². The number of allylic oxidation sites excluding steroid dienone is 8. The van der Waals surface area contributed by atoms with Crippen LogP contribution in [0.25, 0.3) is 0 Å². The number of hydrogen-bond acceptors (Lipinski definition) is 2. The van der Waals surface area contributed by atoms with Crippen molar-refractivity contribution in [3.8, 4) is 0 Å². The Morgan fingerprint density at radius 3 is 1.59 bits per heavy atom. The molecule has 0 bridgehead atoms. The molecule has 0 aromatic heterocycles. The first-order chi connectivity index (χ1) is 18.3. The van der Waals surface area contributed by atoms with Gasteiger partial charge >= 0.3 is 5.97 Å². The highest BCUT2D eigenvalue weighted by atomic mass is 16.5. The highest BCUT2D eigenvalue weighted by molar-refractivity contribution is 5.92. The highest BCUT2D eigenvalue weighted by Crippen LogP contribution is 2.36. The van der Waals surface area contributed by atoms with Gasteiger partial charge in [0.1, 0.15) is 0 Å². The molecule has 2 aliphatic rings. The fraction of sp³-hybridized carbons (Fsp3) is 0.571. The lowest BCUT2D eigenvalue weighted by Gasteiger charge is -2.20. The van der Waals surface area contributed by atoms with E-state index in [2.05, 4.69) is 61.6 Å². The summed E-state index contributed by atoms with van der Waals surface area (Å²) in [5.74, 6) is 0.180. The average Bonchev–Trinajstić information content (AvgIpc) is 3.65. The number of rotatable bonds is 20. The van der Waals surface area contributed by atoms with Crippen LogP contribution in [0, 0.1) is 0 Å². The van der Waals surface area contributed by atoms with Gasteiger partial charge in [0.05, 0.1) is 12.2 Å². The molecule has 0 amide bonds. The minimum atomic E-state index is -0.183. The van der Waals surface area contributed by atoms with Gasteiger partial charge in [-0.25, -0.2) is 4.79 Å². The molecule has 2 nitrogen and oxygen atoms in total. The summed E-state index contributed by atoms with van der Waals surface area (Å²) in [6, 6.07) is 6.07. The van der Waals surface area contributed by atoms with Gasteiger partial charge < -0.3 is 4.74 Å². The second-order valence-electron chi connectivity index (χ2n) is 10.8. The first kappa shape index (κ1) is 29.2. The van der Waals surface area contributed by atoms with Gasteiger partial charge in [0.25, 0.3) is 0 Å². The summed E-state index contributed by atoms with van der Waals surface area (Å²) in [6.07, 6.45) is 38.5. The molecule has 0 fully saturated rings. The van der Waals surface area contributed by atoms with Gasteiger partial charge in [-0.2, -0.15) is 0 Å². The van der Waals surface area contributed by atoms with Gasteiger partial charge in [0.15, 0.2) is 0 Å². The van der Waals surface area contributed by atoms with Crippen molar-refractivity contribution in [3.63, 3.8) is 0 Å². The monoisotopic (exact) mass is 502 g/mol. The number of hydrogen-bond donors (Lipinski definition) is 0. The van der Waals surface area contributed by atoms with E-state index in [-0.39, 0.29) is 17.8 Å². The zero-order valence-corrected chi connectivity index (χ0v) is 23.3. The molecule has 1 aromatic carbocycles. The van der Waals surface area contributed by atoms with Crippen LogP contribution in [0.2, 0.25) is 0 Å². The van der Waals surface area contributed by atoms with Crippen molar-refractivity contribution in [2.45, 2.75) is 121 Å². The van der Waals surface area contributed by atoms with E-state index in [1.165, 1.54) is 95.5 Å². The van der Waals surface area contributed by atoms with Crippen LogP contribution in [-0.4, -0.2) is 12.6 Å². The molecule has 0 saturated heterocycles. The number of unbranched alkanes of at least 4 members (excludes halogenated alkanes) is 15. The lowest BCUT2D eigenvalue weighted by Crippen LogP contribution is -2.13. The summed E-state index contributed by atoms with van der Waals surface area (Å²) in [4.78, 5) is 13.0. The molecule has 0 heterocycles. The molecule has 0 atom stereocenters. The van der Waals surface area contributed by atoms with Crippen LogP contribution in [0.15, 0.2) is 66.8 Å². The van der Waals surface area contributed by atoms with E-state index in [4.69, 9.17) is 4.74 Å². The molecule has 202 valence electrons. The number of ether oxygens (including phenoxy) is 1. The fourth-order valence-corrected chi connectivity index (χ4v) is 5.58. The van der Waals surface area contributed by atoms with E-state index in [1.54, 1.807) is 0 Å². The van der Waals surface area contributed by atoms with Gasteiger partial charge in [0, 0.05) is 11.8 Å². The second-order valence-corrected chi connectivity index (χ2v) is 10.8. The summed E-state index contributed by atoms with van der Waals surface area (Å²) in [5.41, 5.74) is 3.00. The van der Waals surface area contributed by atoms with Crippen LogP contribution in [0.4, 0.5) is 0 Å².